The molecule has 0 atom stereocenters. The van der Waals surface area contributed by atoms with Crippen molar-refractivity contribution in [1.82, 2.24) is 10.6 Å². The highest BCUT2D eigenvalue weighted by Crippen LogP contribution is 2.29. The molecule has 0 bridgehead atoms. The second kappa shape index (κ2) is 7.94. The van der Waals surface area contributed by atoms with Crippen molar-refractivity contribution >= 4 is 5.96 Å². The Morgan fingerprint density at radius 1 is 1.08 bits per heavy atom. The molecule has 0 aliphatic carbocycles. The van der Waals surface area contributed by atoms with Gasteiger partial charge in [0.05, 0.1) is 6.61 Å². The van der Waals surface area contributed by atoms with Gasteiger partial charge in [0.2, 0.25) is 0 Å². The lowest BCUT2D eigenvalue weighted by molar-refractivity contribution is -0.0172. The molecule has 7 heteroatoms. The zero-order valence-electron chi connectivity index (χ0n) is 13.8. The first-order chi connectivity index (χ1) is 12.2. The van der Waals surface area contributed by atoms with Crippen LogP contribution in [0, 0.1) is 11.6 Å². The molecule has 1 heterocycles. The average Bonchev–Trinajstić information content (AvgIpc) is 2.63. The van der Waals surface area contributed by atoms with Crippen molar-refractivity contribution in [2.75, 3.05) is 13.8 Å². The van der Waals surface area contributed by atoms with E-state index >= 15 is 0 Å². The van der Waals surface area contributed by atoms with Crippen molar-refractivity contribution in [1.29, 1.82) is 0 Å². The van der Waals surface area contributed by atoms with Gasteiger partial charge < -0.3 is 20.1 Å². The van der Waals surface area contributed by atoms with Gasteiger partial charge in [0.1, 0.15) is 17.4 Å². The van der Waals surface area contributed by atoms with Gasteiger partial charge in [0.15, 0.2) is 12.8 Å². The van der Waals surface area contributed by atoms with Gasteiger partial charge in [-0.05, 0) is 29.8 Å². The third kappa shape index (κ3) is 4.45. The van der Waals surface area contributed by atoms with E-state index in [-0.39, 0.29) is 18.4 Å². The van der Waals surface area contributed by atoms with Crippen LogP contribution in [-0.2, 0) is 24.4 Å². The molecule has 2 aromatic carbocycles. The summed E-state index contributed by atoms with van der Waals surface area (Å²) in [5.74, 6) is 0.591. The van der Waals surface area contributed by atoms with Crippen LogP contribution in [0.4, 0.5) is 8.78 Å². The highest BCUT2D eigenvalue weighted by atomic mass is 19.1. The second-order valence-electron chi connectivity index (χ2n) is 5.57. The molecule has 0 amide bonds. The molecule has 5 nitrogen and oxygen atoms in total. The van der Waals surface area contributed by atoms with Crippen LogP contribution in [0.2, 0.25) is 0 Å². The molecule has 1 aliphatic rings. The predicted molar refractivity (Wildman–Crippen MR) is 90.1 cm³/mol. The van der Waals surface area contributed by atoms with Crippen LogP contribution in [0.1, 0.15) is 16.7 Å². The summed E-state index contributed by atoms with van der Waals surface area (Å²) in [5, 5.41) is 6.25. The summed E-state index contributed by atoms with van der Waals surface area (Å²) in [4.78, 5) is 4.13. The van der Waals surface area contributed by atoms with Crippen molar-refractivity contribution in [2.24, 2.45) is 4.99 Å². The highest BCUT2D eigenvalue weighted by molar-refractivity contribution is 5.79. The summed E-state index contributed by atoms with van der Waals surface area (Å²) in [6.07, 6.45) is 0. The Morgan fingerprint density at radius 3 is 2.60 bits per heavy atom. The molecule has 0 aromatic heterocycles. The molecule has 0 saturated heterocycles. The van der Waals surface area contributed by atoms with E-state index in [4.69, 9.17) is 9.47 Å². The molecule has 132 valence electrons. The van der Waals surface area contributed by atoms with Crippen molar-refractivity contribution in [3.63, 3.8) is 0 Å². The number of benzene rings is 2. The van der Waals surface area contributed by atoms with E-state index in [1.165, 1.54) is 24.3 Å². The van der Waals surface area contributed by atoms with Crippen molar-refractivity contribution < 1.29 is 18.3 Å². The number of halogens is 2. The van der Waals surface area contributed by atoms with E-state index in [1.807, 2.05) is 0 Å². The third-order valence-corrected chi connectivity index (χ3v) is 3.79. The Morgan fingerprint density at radius 2 is 1.84 bits per heavy atom. The number of guanidine groups is 1. The number of fused-ring (bicyclic) bond motifs is 1. The second-order valence-corrected chi connectivity index (χ2v) is 5.57. The molecule has 2 aromatic rings. The summed E-state index contributed by atoms with van der Waals surface area (Å²) < 4.78 is 37.3. The van der Waals surface area contributed by atoms with E-state index in [9.17, 15) is 8.78 Å². The predicted octanol–water partition coefficient (Wildman–Crippen LogP) is 2.70. The van der Waals surface area contributed by atoms with Gasteiger partial charge in [-0.25, -0.2) is 8.78 Å². The Balaban J connectivity index is 1.61. The van der Waals surface area contributed by atoms with Gasteiger partial charge >= 0.3 is 0 Å². The molecule has 0 unspecified atom stereocenters. The number of nitrogens with one attached hydrogen (secondary N) is 2. The van der Waals surface area contributed by atoms with Crippen LogP contribution in [0.25, 0.3) is 0 Å². The van der Waals surface area contributed by atoms with Crippen LogP contribution in [0.15, 0.2) is 41.4 Å². The van der Waals surface area contributed by atoms with Gasteiger partial charge in [0, 0.05) is 31.3 Å². The average molecular weight is 347 g/mol. The van der Waals surface area contributed by atoms with Crippen LogP contribution in [0.3, 0.4) is 0 Å². The van der Waals surface area contributed by atoms with Gasteiger partial charge in [0.25, 0.3) is 0 Å². The molecule has 25 heavy (non-hydrogen) atoms. The zero-order valence-corrected chi connectivity index (χ0v) is 13.8. The smallest absolute Gasteiger partial charge is 0.191 e. The highest BCUT2D eigenvalue weighted by Gasteiger charge is 2.17. The zero-order chi connectivity index (χ0) is 17.6. The summed E-state index contributed by atoms with van der Waals surface area (Å²) >= 11 is 0. The summed E-state index contributed by atoms with van der Waals surface area (Å²) in [7, 11) is 1.64. The minimum atomic E-state index is -0.334. The molecule has 0 radical (unpaired) electrons. The van der Waals surface area contributed by atoms with Gasteiger partial charge in [-0.2, -0.15) is 0 Å². The van der Waals surface area contributed by atoms with Gasteiger partial charge in [-0.3, -0.25) is 4.99 Å². The number of rotatable bonds is 4. The minimum Gasteiger partial charge on any atom is -0.467 e. The SMILES string of the molecule is CN=C(NCc1ccc(F)cc1)NCc1cc(F)cc2c1OCOC2. The van der Waals surface area contributed by atoms with Crippen molar-refractivity contribution in [3.05, 3.63) is 64.7 Å². The molecule has 0 saturated carbocycles. The van der Waals surface area contributed by atoms with Crippen LogP contribution in [-0.4, -0.2) is 19.8 Å². The molecule has 0 fully saturated rings. The van der Waals surface area contributed by atoms with Crippen LogP contribution < -0.4 is 15.4 Å². The molecular weight excluding hydrogens is 328 g/mol. The Kier molecular flexibility index (Phi) is 5.45. The van der Waals surface area contributed by atoms with Crippen molar-refractivity contribution in [2.45, 2.75) is 19.7 Å². The Labute approximate surface area is 144 Å². The first-order valence-electron chi connectivity index (χ1n) is 7.86. The molecular formula is C18H19F2N3O2. The first kappa shape index (κ1) is 17.2. The van der Waals surface area contributed by atoms with Gasteiger partial charge in [-0.15, -0.1) is 0 Å². The maximum absolute atomic E-state index is 13.7. The number of hydrogen-bond acceptors (Lipinski definition) is 3. The molecule has 0 spiro atoms. The fourth-order valence-electron chi connectivity index (χ4n) is 2.58. The van der Waals surface area contributed by atoms with E-state index in [0.717, 1.165) is 5.56 Å². The molecule has 3 rings (SSSR count). The lowest BCUT2D eigenvalue weighted by atomic mass is 10.1. The largest absolute Gasteiger partial charge is 0.467 e. The van der Waals surface area contributed by atoms with E-state index in [0.29, 0.717) is 42.5 Å². The van der Waals surface area contributed by atoms with E-state index in [1.54, 1.807) is 19.2 Å². The quantitative estimate of drug-likeness (QED) is 0.660. The fraction of sp³-hybridized carbons (Fsp3) is 0.278. The van der Waals surface area contributed by atoms with E-state index < -0.39 is 0 Å². The Bertz CT molecular complexity index is 764. The topological polar surface area (TPSA) is 54.9 Å². The van der Waals surface area contributed by atoms with Gasteiger partial charge in [-0.1, -0.05) is 12.1 Å². The van der Waals surface area contributed by atoms with E-state index in [2.05, 4.69) is 15.6 Å². The lowest BCUT2D eigenvalue weighted by Gasteiger charge is -2.21. The number of nitrogens with zero attached hydrogens (tertiary/aromatic N) is 1. The lowest BCUT2D eigenvalue weighted by Crippen LogP contribution is -2.36. The summed E-state index contributed by atoms with van der Waals surface area (Å²) in [5.41, 5.74) is 2.31. The van der Waals surface area contributed by atoms with Crippen LogP contribution in [0.5, 0.6) is 5.75 Å². The monoisotopic (exact) mass is 347 g/mol. The Hall–Kier alpha value is -2.67. The molecule has 1 aliphatic heterocycles. The number of ether oxygens (including phenoxy) is 2. The number of hydrogen-bond donors (Lipinski definition) is 2. The maximum Gasteiger partial charge on any atom is 0.191 e. The normalized spacial score (nSPS) is 13.8. The first-order valence-corrected chi connectivity index (χ1v) is 7.86. The molecule has 2 N–H and O–H groups in total. The van der Waals surface area contributed by atoms with Crippen LogP contribution >= 0.6 is 0 Å². The fourth-order valence-corrected chi connectivity index (χ4v) is 2.58. The summed E-state index contributed by atoms with van der Waals surface area (Å²) in [6.45, 7) is 1.33. The third-order valence-electron chi connectivity index (χ3n) is 3.79. The summed E-state index contributed by atoms with van der Waals surface area (Å²) in [6, 6.07) is 9.07. The van der Waals surface area contributed by atoms with Crippen molar-refractivity contribution in [3.8, 4) is 5.75 Å². The standard InChI is InChI=1S/C18H19F2N3O2/c1-21-18(22-8-12-2-4-15(19)5-3-12)23-9-13-6-16(20)7-14-10-24-11-25-17(13)14/h2-7H,8-11H2,1H3,(H2,21,22,23). The minimum absolute atomic E-state index is 0.156. The maximum atomic E-state index is 13.7. The number of aliphatic imine (C=N–C) groups is 1.